The SMILES string of the molecule is CN=C(NCCCOCC1CC1)NCc1ccc(Oc2cccnc2)c(F)c1.I. The molecule has 1 saturated carbocycles. The summed E-state index contributed by atoms with van der Waals surface area (Å²) in [5.41, 5.74) is 0.798. The molecule has 0 atom stereocenters. The van der Waals surface area contributed by atoms with Crippen LogP contribution < -0.4 is 15.4 Å². The number of benzene rings is 1. The molecular formula is C21H28FIN4O2. The van der Waals surface area contributed by atoms with Gasteiger partial charge in [-0.2, -0.15) is 0 Å². The van der Waals surface area contributed by atoms with Crippen LogP contribution in [-0.2, 0) is 11.3 Å². The summed E-state index contributed by atoms with van der Waals surface area (Å²) in [6.07, 6.45) is 6.72. The van der Waals surface area contributed by atoms with E-state index in [1.165, 1.54) is 18.9 Å². The van der Waals surface area contributed by atoms with Gasteiger partial charge in [-0.15, -0.1) is 24.0 Å². The highest BCUT2D eigenvalue weighted by Gasteiger charge is 2.20. The first-order valence-electron chi connectivity index (χ1n) is 9.63. The third-order valence-electron chi connectivity index (χ3n) is 4.35. The summed E-state index contributed by atoms with van der Waals surface area (Å²) >= 11 is 0. The number of pyridine rings is 1. The highest BCUT2D eigenvalue weighted by Crippen LogP contribution is 2.28. The van der Waals surface area contributed by atoms with Crippen LogP contribution in [0.4, 0.5) is 4.39 Å². The summed E-state index contributed by atoms with van der Waals surface area (Å²) in [5.74, 6) is 1.73. The smallest absolute Gasteiger partial charge is 0.191 e. The molecule has 2 N–H and O–H groups in total. The highest BCUT2D eigenvalue weighted by molar-refractivity contribution is 14.0. The Morgan fingerprint density at radius 1 is 1.28 bits per heavy atom. The molecule has 0 radical (unpaired) electrons. The van der Waals surface area contributed by atoms with Gasteiger partial charge in [0.15, 0.2) is 17.5 Å². The Balaban J connectivity index is 0.00000300. The van der Waals surface area contributed by atoms with Gasteiger partial charge in [0, 0.05) is 39.5 Å². The molecule has 3 rings (SSSR count). The molecule has 1 aliphatic carbocycles. The van der Waals surface area contributed by atoms with Crippen molar-refractivity contribution in [3.8, 4) is 11.5 Å². The zero-order chi connectivity index (χ0) is 19.6. The average molecular weight is 514 g/mol. The largest absolute Gasteiger partial charge is 0.453 e. The van der Waals surface area contributed by atoms with E-state index in [2.05, 4.69) is 20.6 Å². The van der Waals surface area contributed by atoms with Gasteiger partial charge in [0.25, 0.3) is 0 Å². The second kappa shape index (κ2) is 12.6. The normalized spacial score (nSPS) is 13.5. The topological polar surface area (TPSA) is 67.8 Å². The number of hydrogen-bond donors (Lipinski definition) is 2. The Morgan fingerprint density at radius 2 is 2.14 bits per heavy atom. The van der Waals surface area contributed by atoms with E-state index in [1.807, 2.05) is 6.07 Å². The van der Waals surface area contributed by atoms with Crippen LogP contribution in [0.3, 0.4) is 0 Å². The van der Waals surface area contributed by atoms with E-state index < -0.39 is 5.82 Å². The van der Waals surface area contributed by atoms with Gasteiger partial charge in [-0.1, -0.05) is 6.07 Å². The van der Waals surface area contributed by atoms with Crippen molar-refractivity contribution in [2.45, 2.75) is 25.8 Å². The van der Waals surface area contributed by atoms with E-state index in [9.17, 15) is 4.39 Å². The number of rotatable bonds is 10. The first-order chi connectivity index (χ1) is 13.7. The third-order valence-corrected chi connectivity index (χ3v) is 4.35. The Bertz CT molecular complexity index is 773. The van der Waals surface area contributed by atoms with Crippen molar-refractivity contribution in [2.24, 2.45) is 10.9 Å². The van der Waals surface area contributed by atoms with E-state index in [4.69, 9.17) is 9.47 Å². The fourth-order valence-corrected chi connectivity index (χ4v) is 2.59. The van der Waals surface area contributed by atoms with Gasteiger partial charge in [-0.25, -0.2) is 4.39 Å². The van der Waals surface area contributed by atoms with Crippen LogP contribution in [0.2, 0.25) is 0 Å². The molecule has 0 spiro atoms. The van der Waals surface area contributed by atoms with Crippen LogP contribution in [-0.4, -0.2) is 37.7 Å². The Hall–Kier alpha value is -1.94. The van der Waals surface area contributed by atoms with Crippen molar-refractivity contribution in [3.05, 3.63) is 54.1 Å². The highest BCUT2D eigenvalue weighted by atomic mass is 127. The predicted octanol–water partition coefficient (Wildman–Crippen LogP) is 4.11. The zero-order valence-electron chi connectivity index (χ0n) is 16.6. The van der Waals surface area contributed by atoms with Crippen molar-refractivity contribution in [1.82, 2.24) is 15.6 Å². The van der Waals surface area contributed by atoms with Gasteiger partial charge in [0.05, 0.1) is 6.20 Å². The van der Waals surface area contributed by atoms with Crippen LogP contribution in [0.1, 0.15) is 24.8 Å². The lowest BCUT2D eigenvalue weighted by Gasteiger charge is -2.13. The quantitative estimate of drug-likeness (QED) is 0.216. The molecule has 6 nitrogen and oxygen atoms in total. The van der Waals surface area contributed by atoms with E-state index in [0.29, 0.717) is 18.3 Å². The Kier molecular flexibility index (Phi) is 10.1. The number of guanidine groups is 1. The van der Waals surface area contributed by atoms with E-state index in [1.54, 1.807) is 37.6 Å². The van der Waals surface area contributed by atoms with Crippen molar-refractivity contribution in [2.75, 3.05) is 26.8 Å². The van der Waals surface area contributed by atoms with Gasteiger partial charge in [0.1, 0.15) is 5.75 Å². The lowest BCUT2D eigenvalue weighted by atomic mass is 10.2. The molecule has 0 amide bonds. The van der Waals surface area contributed by atoms with Gasteiger partial charge < -0.3 is 20.1 Å². The fraction of sp³-hybridized carbons (Fsp3) is 0.429. The summed E-state index contributed by atoms with van der Waals surface area (Å²) < 4.78 is 25.4. The molecule has 2 aromatic rings. The molecule has 1 aromatic carbocycles. The number of hydrogen-bond acceptors (Lipinski definition) is 4. The predicted molar refractivity (Wildman–Crippen MR) is 122 cm³/mol. The summed E-state index contributed by atoms with van der Waals surface area (Å²) in [6.45, 7) is 2.88. The molecule has 0 bridgehead atoms. The maximum absolute atomic E-state index is 14.3. The number of halogens is 2. The van der Waals surface area contributed by atoms with Crippen LogP contribution in [0.5, 0.6) is 11.5 Å². The molecule has 0 aliphatic heterocycles. The lowest BCUT2D eigenvalue weighted by molar-refractivity contribution is 0.123. The molecule has 29 heavy (non-hydrogen) atoms. The summed E-state index contributed by atoms with van der Waals surface area (Å²) in [7, 11) is 1.71. The number of nitrogens with one attached hydrogen (secondary N) is 2. The Labute approximate surface area is 188 Å². The maximum Gasteiger partial charge on any atom is 0.191 e. The van der Waals surface area contributed by atoms with Crippen LogP contribution in [0, 0.1) is 11.7 Å². The zero-order valence-corrected chi connectivity index (χ0v) is 18.9. The van der Waals surface area contributed by atoms with E-state index in [-0.39, 0.29) is 29.7 Å². The second-order valence-corrected chi connectivity index (χ2v) is 6.78. The lowest BCUT2D eigenvalue weighted by Crippen LogP contribution is -2.37. The van der Waals surface area contributed by atoms with E-state index in [0.717, 1.165) is 37.7 Å². The van der Waals surface area contributed by atoms with Crippen molar-refractivity contribution < 1.29 is 13.9 Å². The minimum Gasteiger partial charge on any atom is -0.453 e. The number of aromatic nitrogens is 1. The molecule has 1 aliphatic rings. The number of nitrogens with zero attached hydrogens (tertiary/aromatic N) is 2. The third kappa shape index (κ3) is 8.53. The summed E-state index contributed by atoms with van der Waals surface area (Å²) in [4.78, 5) is 8.14. The summed E-state index contributed by atoms with van der Waals surface area (Å²) in [5, 5.41) is 6.42. The second-order valence-electron chi connectivity index (χ2n) is 6.78. The van der Waals surface area contributed by atoms with Gasteiger partial charge in [-0.3, -0.25) is 9.98 Å². The molecule has 1 fully saturated rings. The van der Waals surface area contributed by atoms with Crippen molar-refractivity contribution >= 4 is 29.9 Å². The van der Waals surface area contributed by atoms with Crippen LogP contribution in [0.25, 0.3) is 0 Å². The van der Waals surface area contributed by atoms with E-state index >= 15 is 0 Å². The first kappa shape index (κ1) is 23.3. The van der Waals surface area contributed by atoms with Crippen molar-refractivity contribution in [3.63, 3.8) is 0 Å². The van der Waals surface area contributed by atoms with Gasteiger partial charge in [-0.05, 0) is 55.0 Å². The molecule has 8 heteroatoms. The molecular weight excluding hydrogens is 486 g/mol. The molecule has 0 unspecified atom stereocenters. The van der Waals surface area contributed by atoms with Gasteiger partial charge in [0.2, 0.25) is 0 Å². The molecule has 1 aromatic heterocycles. The molecule has 158 valence electrons. The van der Waals surface area contributed by atoms with Crippen molar-refractivity contribution in [1.29, 1.82) is 0 Å². The average Bonchev–Trinajstić information content (AvgIpc) is 3.54. The maximum atomic E-state index is 14.3. The molecule has 0 saturated heterocycles. The minimum atomic E-state index is -0.418. The number of ether oxygens (including phenoxy) is 2. The van der Waals surface area contributed by atoms with Crippen LogP contribution >= 0.6 is 24.0 Å². The monoisotopic (exact) mass is 514 g/mol. The summed E-state index contributed by atoms with van der Waals surface area (Å²) in [6, 6.07) is 8.36. The van der Waals surface area contributed by atoms with Gasteiger partial charge >= 0.3 is 0 Å². The fourth-order valence-electron chi connectivity index (χ4n) is 2.59. The number of aliphatic imine (C=N–C) groups is 1. The minimum absolute atomic E-state index is 0. The Morgan fingerprint density at radius 3 is 2.83 bits per heavy atom. The van der Waals surface area contributed by atoms with Crippen LogP contribution in [0.15, 0.2) is 47.7 Å². The standard InChI is InChI=1S/C21H27FN4O2.HI/c1-23-21(25-10-3-11-27-15-16-5-6-16)26-13-17-7-8-20(19(22)12-17)28-18-4-2-9-24-14-18;/h2,4,7-9,12,14,16H,3,5-6,10-11,13,15H2,1H3,(H2,23,25,26);1H. The molecule has 1 heterocycles. The first-order valence-corrected chi connectivity index (χ1v) is 9.63.